The molecule has 1 saturated heterocycles. The Morgan fingerprint density at radius 2 is 1.90 bits per heavy atom. The van der Waals surface area contributed by atoms with Crippen molar-refractivity contribution in [1.82, 2.24) is 9.88 Å². The standard InChI is InChI=1S/C21H20N2O5S/c24-19-18(29-20(25)22-19)10-14-6-8-17(9-7-14)27-13-16-11-23(16)21(26)28-12-15-4-2-1-3-5-15/h1-9,16,24H,10-13H2,(H,22,25)/t16-,23?/m1/s1. The van der Waals surface area contributed by atoms with E-state index in [2.05, 4.69) is 4.98 Å². The number of H-pyrrole nitrogens is 1. The molecule has 0 bridgehead atoms. The summed E-state index contributed by atoms with van der Waals surface area (Å²) >= 11 is 1.000. The van der Waals surface area contributed by atoms with Crippen molar-refractivity contribution in [2.75, 3.05) is 13.2 Å². The number of nitrogens with zero attached hydrogens (tertiary/aromatic N) is 1. The molecule has 2 heterocycles. The SMILES string of the molecule is O=C(OCc1ccccc1)N1C[C@@H]1COc1ccc(Cc2sc(=O)[nH]c2O)cc1. The number of hydrogen-bond acceptors (Lipinski definition) is 6. The minimum atomic E-state index is -0.330. The number of rotatable bonds is 7. The van der Waals surface area contributed by atoms with E-state index in [0.717, 1.165) is 22.5 Å². The Balaban J connectivity index is 1.21. The molecule has 0 radical (unpaired) electrons. The van der Waals surface area contributed by atoms with E-state index in [9.17, 15) is 14.7 Å². The highest BCUT2D eigenvalue weighted by molar-refractivity contribution is 7.09. The molecule has 0 aliphatic carbocycles. The number of amides is 1. The first-order valence-corrected chi connectivity index (χ1v) is 10.00. The monoisotopic (exact) mass is 412 g/mol. The first-order chi connectivity index (χ1) is 14.1. The van der Waals surface area contributed by atoms with Crippen LogP contribution in [-0.4, -0.2) is 40.3 Å². The van der Waals surface area contributed by atoms with Gasteiger partial charge in [0.2, 0.25) is 5.88 Å². The third kappa shape index (κ3) is 4.97. The summed E-state index contributed by atoms with van der Waals surface area (Å²) in [7, 11) is 0. The van der Waals surface area contributed by atoms with Gasteiger partial charge in [0, 0.05) is 13.0 Å². The number of aromatic nitrogens is 1. The van der Waals surface area contributed by atoms with Crippen LogP contribution in [0.4, 0.5) is 4.79 Å². The molecule has 1 aliphatic rings. The maximum Gasteiger partial charge on any atom is 0.410 e. The summed E-state index contributed by atoms with van der Waals surface area (Å²) in [5.74, 6) is 0.623. The van der Waals surface area contributed by atoms with Crippen LogP contribution >= 0.6 is 11.3 Å². The van der Waals surface area contributed by atoms with Gasteiger partial charge in [-0.05, 0) is 23.3 Å². The lowest BCUT2D eigenvalue weighted by molar-refractivity contribution is 0.120. The van der Waals surface area contributed by atoms with Gasteiger partial charge in [0.15, 0.2) is 0 Å². The molecule has 7 nitrogen and oxygen atoms in total. The molecular formula is C21H20N2O5S. The second kappa shape index (κ2) is 8.40. The van der Waals surface area contributed by atoms with Crippen LogP contribution in [-0.2, 0) is 17.8 Å². The summed E-state index contributed by atoms with van der Waals surface area (Å²) in [5, 5.41) is 9.66. The molecule has 1 atom stereocenters. The van der Waals surface area contributed by atoms with Crippen LogP contribution in [0.1, 0.15) is 16.0 Å². The lowest BCUT2D eigenvalue weighted by Crippen LogP contribution is -2.18. The third-order valence-electron chi connectivity index (χ3n) is 4.59. The second-order valence-electron chi connectivity index (χ2n) is 6.76. The molecule has 8 heteroatoms. The van der Waals surface area contributed by atoms with Crippen LogP contribution in [0.2, 0.25) is 0 Å². The Hall–Kier alpha value is -3.26. The summed E-state index contributed by atoms with van der Waals surface area (Å²) in [5.41, 5.74) is 1.91. The minimum absolute atomic E-state index is 0.0204. The molecule has 29 heavy (non-hydrogen) atoms. The van der Waals surface area contributed by atoms with E-state index in [1.165, 1.54) is 0 Å². The number of thiazole rings is 1. The molecule has 2 N–H and O–H groups in total. The number of aromatic amines is 1. The minimum Gasteiger partial charge on any atom is -0.494 e. The average Bonchev–Trinajstić information content (AvgIpc) is 3.44. The summed E-state index contributed by atoms with van der Waals surface area (Å²) < 4.78 is 11.1. The lowest BCUT2D eigenvalue weighted by atomic mass is 10.1. The predicted molar refractivity (Wildman–Crippen MR) is 108 cm³/mol. The number of hydrogen-bond donors (Lipinski definition) is 2. The van der Waals surface area contributed by atoms with Crippen molar-refractivity contribution in [3.05, 3.63) is 80.3 Å². The van der Waals surface area contributed by atoms with E-state index in [-0.39, 0.29) is 29.5 Å². The van der Waals surface area contributed by atoms with Gasteiger partial charge in [-0.25, -0.2) is 4.79 Å². The molecule has 3 aromatic rings. The highest BCUT2D eigenvalue weighted by Gasteiger charge is 2.40. The smallest absolute Gasteiger partial charge is 0.410 e. The van der Waals surface area contributed by atoms with Crippen molar-refractivity contribution in [3.8, 4) is 11.6 Å². The Morgan fingerprint density at radius 3 is 2.59 bits per heavy atom. The third-order valence-corrected chi connectivity index (χ3v) is 5.46. The van der Waals surface area contributed by atoms with Gasteiger partial charge in [-0.2, -0.15) is 0 Å². The predicted octanol–water partition coefficient (Wildman–Crippen LogP) is 3.13. The molecule has 0 saturated carbocycles. The van der Waals surface area contributed by atoms with Crippen molar-refractivity contribution in [2.24, 2.45) is 0 Å². The van der Waals surface area contributed by atoms with E-state index in [0.29, 0.717) is 30.2 Å². The van der Waals surface area contributed by atoms with E-state index >= 15 is 0 Å². The van der Waals surface area contributed by atoms with E-state index in [1.54, 1.807) is 4.90 Å². The molecule has 1 aliphatic heterocycles. The Kier molecular flexibility index (Phi) is 5.53. The van der Waals surface area contributed by atoms with Crippen LogP contribution in [0.3, 0.4) is 0 Å². The van der Waals surface area contributed by atoms with Crippen molar-refractivity contribution in [2.45, 2.75) is 19.1 Å². The van der Waals surface area contributed by atoms with Crippen molar-refractivity contribution >= 4 is 17.4 Å². The van der Waals surface area contributed by atoms with Gasteiger partial charge in [0.05, 0.1) is 10.9 Å². The van der Waals surface area contributed by atoms with Crippen LogP contribution < -0.4 is 9.61 Å². The number of benzene rings is 2. The molecular weight excluding hydrogens is 392 g/mol. The summed E-state index contributed by atoms with van der Waals surface area (Å²) in [6.45, 7) is 1.29. The molecule has 2 aromatic carbocycles. The number of nitrogens with one attached hydrogen (secondary N) is 1. The highest BCUT2D eigenvalue weighted by atomic mass is 32.1. The van der Waals surface area contributed by atoms with Crippen molar-refractivity contribution in [3.63, 3.8) is 0 Å². The fourth-order valence-corrected chi connectivity index (χ4v) is 3.66. The molecule has 150 valence electrons. The van der Waals surface area contributed by atoms with Crippen LogP contribution in [0.25, 0.3) is 0 Å². The fourth-order valence-electron chi connectivity index (χ4n) is 2.90. The summed E-state index contributed by atoms with van der Waals surface area (Å²) in [6, 6.07) is 17.0. The van der Waals surface area contributed by atoms with Crippen LogP contribution in [0.5, 0.6) is 11.6 Å². The number of carbonyl (C=O) groups excluding carboxylic acids is 1. The van der Waals surface area contributed by atoms with Crippen molar-refractivity contribution in [1.29, 1.82) is 0 Å². The lowest BCUT2D eigenvalue weighted by Gasteiger charge is -2.09. The molecule has 1 fully saturated rings. The Morgan fingerprint density at radius 1 is 1.14 bits per heavy atom. The highest BCUT2D eigenvalue weighted by Crippen LogP contribution is 2.24. The Labute approximate surface area is 171 Å². The molecule has 0 unspecified atom stereocenters. The zero-order valence-electron chi connectivity index (χ0n) is 15.5. The molecule has 1 aromatic heterocycles. The molecule has 0 spiro atoms. The summed E-state index contributed by atoms with van der Waals surface area (Å²) in [6.07, 6.45) is 0.141. The van der Waals surface area contributed by atoms with Crippen LogP contribution in [0, 0.1) is 0 Å². The average molecular weight is 412 g/mol. The Bertz CT molecular complexity index is 1030. The van der Waals surface area contributed by atoms with E-state index in [4.69, 9.17) is 9.47 Å². The fraction of sp³-hybridized carbons (Fsp3) is 0.238. The van der Waals surface area contributed by atoms with Crippen molar-refractivity contribution < 1.29 is 19.4 Å². The van der Waals surface area contributed by atoms with E-state index < -0.39 is 0 Å². The van der Waals surface area contributed by atoms with Gasteiger partial charge in [-0.3, -0.25) is 14.7 Å². The number of aromatic hydroxyl groups is 1. The molecule has 4 rings (SSSR count). The maximum absolute atomic E-state index is 12.1. The number of ether oxygens (including phenoxy) is 2. The van der Waals surface area contributed by atoms with Gasteiger partial charge in [0.25, 0.3) is 0 Å². The summed E-state index contributed by atoms with van der Waals surface area (Å²) in [4.78, 5) is 27.6. The first kappa shape index (κ1) is 19.1. The van der Waals surface area contributed by atoms with E-state index in [1.807, 2.05) is 54.6 Å². The molecule has 1 amide bonds. The zero-order valence-corrected chi connectivity index (χ0v) is 16.4. The second-order valence-corrected chi connectivity index (χ2v) is 7.83. The quantitative estimate of drug-likeness (QED) is 0.582. The normalized spacial score (nSPS) is 15.2. The topological polar surface area (TPSA) is 91.6 Å². The van der Waals surface area contributed by atoms with Gasteiger partial charge >= 0.3 is 11.0 Å². The largest absolute Gasteiger partial charge is 0.494 e. The van der Waals surface area contributed by atoms with Crippen LogP contribution in [0.15, 0.2) is 59.4 Å². The zero-order chi connectivity index (χ0) is 20.2. The number of carbonyl (C=O) groups is 1. The maximum atomic E-state index is 12.1. The first-order valence-electron chi connectivity index (χ1n) is 9.18. The van der Waals surface area contributed by atoms with Gasteiger partial charge in [-0.1, -0.05) is 53.8 Å². The van der Waals surface area contributed by atoms with Gasteiger partial charge in [0.1, 0.15) is 19.0 Å². The van der Waals surface area contributed by atoms with Gasteiger partial charge in [-0.15, -0.1) is 0 Å². The van der Waals surface area contributed by atoms with Gasteiger partial charge < -0.3 is 14.6 Å².